The molecule has 7 heteroatoms. The van der Waals surface area contributed by atoms with Crippen LogP contribution in [0, 0.1) is 6.92 Å². The summed E-state index contributed by atoms with van der Waals surface area (Å²) in [5, 5.41) is 29.1. The van der Waals surface area contributed by atoms with E-state index in [-0.39, 0.29) is 18.0 Å². The Balaban J connectivity index is 1.72. The summed E-state index contributed by atoms with van der Waals surface area (Å²) in [4.78, 5) is 13.2. The van der Waals surface area contributed by atoms with Crippen molar-refractivity contribution in [2.24, 2.45) is 10.2 Å². The van der Waals surface area contributed by atoms with Gasteiger partial charge in [0.1, 0.15) is 11.5 Å². The van der Waals surface area contributed by atoms with Crippen LogP contribution in [0.2, 0.25) is 0 Å². The number of hydrogen-bond donors (Lipinski definition) is 2. The maximum atomic E-state index is 10.1. The molecule has 2 aromatic carbocycles. The second-order valence-corrected chi connectivity index (χ2v) is 6.25. The summed E-state index contributed by atoms with van der Waals surface area (Å²) in [5.41, 5.74) is 2.54. The highest BCUT2D eigenvalue weighted by molar-refractivity contribution is 5.88. The second-order valence-electron chi connectivity index (χ2n) is 6.25. The van der Waals surface area contributed by atoms with E-state index in [1.165, 1.54) is 6.07 Å². The minimum Gasteiger partial charge on any atom is -0.508 e. The van der Waals surface area contributed by atoms with Crippen molar-refractivity contribution in [2.45, 2.75) is 13.5 Å². The van der Waals surface area contributed by atoms with Gasteiger partial charge in [-0.15, -0.1) is 5.11 Å². The lowest BCUT2D eigenvalue weighted by atomic mass is 10.1. The van der Waals surface area contributed by atoms with Crippen LogP contribution < -0.4 is 0 Å². The molecule has 4 rings (SSSR count). The van der Waals surface area contributed by atoms with Crippen molar-refractivity contribution >= 4 is 16.7 Å². The van der Waals surface area contributed by atoms with Gasteiger partial charge in [-0.1, -0.05) is 12.1 Å². The van der Waals surface area contributed by atoms with Crippen molar-refractivity contribution in [3.05, 3.63) is 72.1 Å². The highest BCUT2D eigenvalue weighted by Gasteiger charge is 2.10. The zero-order valence-corrected chi connectivity index (χ0v) is 15.1. The SMILES string of the molecule is Cc1c(O)ccc(CN=Nc2nc(-c3cccnc3)nc3ccccc23)c1O. The van der Waals surface area contributed by atoms with Crippen molar-refractivity contribution in [1.29, 1.82) is 0 Å². The third kappa shape index (κ3) is 3.37. The van der Waals surface area contributed by atoms with Crippen molar-refractivity contribution in [3.8, 4) is 22.9 Å². The van der Waals surface area contributed by atoms with E-state index in [0.29, 0.717) is 22.8 Å². The van der Waals surface area contributed by atoms with E-state index >= 15 is 0 Å². The summed E-state index contributed by atoms with van der Waals surface area (Å²) in [6.07, 6.45) is 3.39. The number of aromatic hydroxyl groups is 2. The van der Waals surface area contributed by atoms with Crippen molar-refractivity contribution in [3.63, 3.8) is 0 Å². The summed E-state index contributed by atoms with van der Waals surface area (Å²) in [5.74, 6) is 1.02. The highest BCUT2D eigenvalue weighted by Crippen LogP contribution is 2.31. The molecule has 0 bridgehead atoms. The summed E-state index contributed by atoms with van der Waals surface area (Å²) in [7, 11) is 0. The van der Waals surface area contributed by atoms with Gasteiger partial charge < -0.3 is 10.2 Å². The van der Waals surface area contributed by atoms with Gasteiger partial charge in [0.25, 0.3) is 0 Å². The molecule has 2 heterocycles. The number of phenolic OH excluding ortho intramolecular Hbond substituents is 2. The van der Waals surface area contributed by atoms with Gasteiger partial charge in [-0.3, -0.25) is 4.98 Å². The standard InChI is InChI=1S/C21H17N5O2/c1-13-18(27)9-8-14(19(13)28)12-23-26-21-16-6-2-3-7-17(16)24-20(25-21)15-5-4-10-22-11-15/h2-11,27-28H,12H2,1H3. The van der Waals surface area contributed by atoms with Crippen LogP contribution >= 0.6 is 0 Å². The van der Waals surface area contributed by atoms with Crippen LogP contribution in [0.25, 0.3) is 22.3 Å². The molecule has 0 saturated carbocycles. The number of pyridine rings is 1. The van der Waals surface area contributed by atoms with Crippen molar-refractivity contribution < 1.29 is 10.2 Å². The molecule has 138 valence electrons. The second kappa shape index (κ2) is 7.40. The number of azo groups is 1. The molecule has 0 aliphatic rings. The molecule has 0 unspecified atom stereocenters. The highest BCUT2D eigenvalue weighted by atomic mass is 16.3. The molecule has 0 fully saturated rings. The Kier molecular flexibility index (Phi) is 4.63. The predicted molar refractivity (Wildman–Crippen MR) is 105 cm³/mol. The number of hydrogen-bond acceptors (Lipinski definition) is 7. The monoisotopic (exact) mass is 371 g/mol. The first-order valence-electron chi connectivity index (χ1n) is 8.68. The van der Waals surface area contributed by atoms with Crippen LogP contribution in [0.3, 0.4) is 0 Å². The number of benzene rings is 2. The lowest BCUT2D eigenvalue weighted by molar-refractivity contribution is 0.438. The molecule has 0 spiro atoms. The van der Waals surface area contributed by atoms with E-state index in [9.17, 15) is 10.2 Å². The molecule has 0 aliphatic carbocycles. The zero-order chi connectivity index (χ0) is 19.5. The smallest absolute Gasteiger partial charge is 0.185 e. The molecule has 0 aliphatic heterocycles. The number of para-hydroxylation sites is 1. The van der Waals surface area contributed by atoms with Gasteiger partial charge in [0, 0.05) is 34.5 Å². The van der Waals surface area contributed by atoms with Gasteiger partial charge >= 0.3 is 0 Å². The zero-order valence-electron chi connectivity index (χ0n) is 15.1. The molecular weight excluding hydrogens is 354 g/mol. The van der Waals surface area contributed by atoms with Crippen molar-refractivity contribution in [2.75, 3.05) is 0 Å². The quantitative estimate of drug-likeness (QED) is 0.506. The number of aromatic nitrogens is 3. The molecule has 4 aromatic rings. The van der Waals surface area contributed by atoms with Crippen LogP contribution in [0.4, 0.5) is 5.82 Å². The van der Waals surface area contributed by atoms with Gasteiger partial charge in [0.15, 0.2) is 11.6 Å². The van der Waals surface area contributed by atoms with E-state index < -0.39 is 0 Å². The Morgan fingerprint density at radius 2 is 1.82 bits per heavy atom. The van der Waals surface area contributed by atoms with Gasteiger partial charge in [-0.25, -0.2) is 9.97 Å². The molecule has 2 aromatic heterocycles. The maximum absolute atomic E-state index is 10.1. The molecule has 2 N–H and O–H groups in total. The van der Waals surface area contributed by atoms with Gasteiger partial charge in [-0.2, -0.15) is 5.11 Å². The van der Waals surface area contributed by atoms with E-state index in [0.717, 1.165) is 16.5 Å². The summed E-state index contributed by atoms with van der Waals surface area (Å²) < 4.78 is 0. The molecule has 0 radical (unpaired) electrons. The average molecular weight is 371 g/mol. The number of rotatable bonds is 4. The van der Waals surface area contributed by atoms with Gasteiger partial charge in [0.2, 0.25) is 0 Å². The fourth-order valence-corrected chi connectivity index (χ4v) is 2.81. The number of phenols is 2. The van der Waals surface area contributed by atoms with Crippen LogP contribution in [0.1, 0.15) is 11.1 Å². The maximum Gasteiger partial charge on any atom is 0.185 e. The first-order valence-corrected chi connectivity index (χ1v) is 8.68. The third-order valence-corrected chi connectivity index (χ3v) is 4.40. The Morgan fingerprint density at radius 3 is 2.64 bits per heavy atom. The Morgan fingerprint density at radius 1 is 0.964 bits per heavy atom. The molecule has 0 atom stereocenters. The minimum absolute atomic E-state index is 0.0162. The molecule has 0 amide bonds. The molecule has 28 heavy (non-hydrogen) atoms. The Bertz CT molecular complexity index is 1180. The summed E-state index contributed by atoms with van der Waals surface area (Å²) in [6, 6.07) is 14.4. The van der Waals surface area contributed by atoms with Crippen LogP contribution in [0.15, 0.2) is 71.2 Å². The van der Waals surface area contributed by atoms with E-state index in [4.69, 9.17) is 0 Å². The lowest BCUT2D eigenvalue weighted by Crippen LogP contribution is -1.92. The number of nitrogens with zero attached hydrogens (tertiary/aromatic N) is 5. The van der Waals surface area contributed by atoms with E-state index in [2.05, 4.69) is 25.2 Å². The van der Waals surface area contributed by atoms with Crippen LogP contribution in [-0.4, -0.2) is 25.2 Å². The van der Waals surface area contributed by atoms with E-state index in [1.807, 2.05) is 36.4 Å². The minimum atomic E-state index is 0.0162. The molecule has 0 saturated heterocycles. The normalized spacial score (nSPS) is 11.3. The first-order chi connectivity index (χ1) is 13.6. The van der Waals surface area contributed by atoms with Crippen LogP contribution in [0.5, 0.6) is 11.5 Å². The Hall–Kier alpha value is -3.87. The van der Waals surface area contributed by atoms with Gasteiger partial charge in [-0.05, 0) is 43.3 Å². The van der Waals surface area contributed by atoms with E-state index in [1.54, 1.807) is 25.4 Å². The topological polar surface area (TPSA) is 104 Å². The lowest BCUT2D eigenvalue weighted by Gasteiger charge is -2.07. The summed E-state index contributed by atoms with van der Waals surface area (Å²) >= 11 is 0. The van der Waals surface area contributed by atoms with Crippen LogP contribution in [-0.2, 0) is 6.54 Å². The van der Waals surface area contributed by atoms with Crippen molar-refractivity contribution in [1.82, 2.24) is 15.0 Å². The fraction of sp³-hybridized carbons (Fsp3) is 0.0952. The first kappa shape index (κ1) is 17.5. The van der Waals surface area contributed by atoms with Gasteiger partial charge in [0.05, 0.1) is 12.1 Å². The molecule has 7 nitrogen and oxygen atoms in total. The fourth-order valence-electron chi connectivity index (χ4n) is 2.81. The molecular formula is C21H17N5O2. The Labute approximate surface area is 161 Å². The predicted octanol–water partition coefficient (Wildman–Crippen LogP) is 4.70. The number of fused-ring (bicyclic) bond motifs is 1. The largest absolute Gasteiger partial charge is 0.508 e. The average Bonchev–Trinajstić information content (AvgIpc) is 2.74. The third-order valence-electron chi connectivity index (χ3n) is 4.40. The summed E-state index contributed by atoms with van der Waals surface area (Å²) in [6.45, 7) is 1.80.